The predicted molar refractivity (Wildman–Crippen MR) is 148 cm³/mol. The number of hydrogen-bond acceptors (Lipinski definition) is 11. The first kappa shape index (κ1) is 43.2. The lowest BCUT2D eigenvalue weighted by Crippen LogP contribution is -2.34. The molecule has 0 saturated carbocycles. The lowest BCUT2D eigenvalue weighted by molar-refractivity contribution is -0.193. The quantitative estimate of drug-likeness (QED) is 0.0508. The second kappa shape index (κ2) is 19.8. The van der Waals surface area contributed by atoms with Crippen molar-refractivity contribution in [3.63, 3.8) is 0 Å². The van der Waals surface area contributed by atoms with Crippen molar-refractivity contribution < 1.29 is 89.5 Å². The summed E-state index contributed by atoms with van der Waals surface area (Å²) in [5, 5.41) is 39.1. The molecule has 0 spiro atoms. The Balaban J connectivity index is 0.00000137. The molecule has 0 fully saturated rings. The number of carbonyl (C=O) groups excluding carboxylic acids is 3. The van der Waals surface area contributed by atoms with Gasteiger partial charge in [0, 0.05) is 18.4 Å². The van der Waals surface area contributed by atoms with E-state index in [4.69, 9.17) is 50.3 Å². The van der Waals surface area contributed by atoms with Crippen LogP contribution in [0.2, 0.25) is 0 Å². The number of nitrogen functional groups attached to an aromatic ring is 1. The third-order valence-electron chi connectivity index (χ3n) is 5.14. The zero-order chi connectivity index (χ0) is 38.1. The molecule has 0 aliphatic rings. The predicted octanol–water partition coefficient (Wildman–Crippen LogP) is 2.72. The number of alkyl halides is 6. The molecule has 0 atom stereocenters. The number of nitrogens with one attached hydrogen (secondary N) is 1. The van der Waals surface area contributed by atoms with Gasteiger partial charge in [-0.3, -0.25) is 29.5 Å². The highest BCUT2D eigenvalue weighted by molar-refractivity contribution is 5.95. The van der Waals surface area contributed by atoms with E-state index in [-0.39, 0.29) is 68.4 Å². The summed E-state index contributed by atoms with van der Waals surface area (Å²) in [5.74, 6) is -9.24. The van der Waals surface area contributed by atoms with E-state index in [0.29, 0.717) is 5.56 Å². The number of carbonyl (C=O) groups is 7. The van der Waals surface area contributed by atoms with Gasteiger partial charge in [-0.2, -0.15) is 26.3 Å². The molecule has 0 radical (unpaired) electrons. The van der Waals surface area contributed by atoms with Gasteiger partial charge in [-0.1, -0.05) is 0 Å². The number of benzene rings is 1. The Bertz CT molecular complexity index is 1450. The SMILES string of the molecule is N=C(N)c1ccc(OC(=O)c2ccc(CN(CC(=O)CCC(=O)O)CC(=O)CCC(=O)O)o2)cc1.O=C(O)C(F)(F)F.O=C(O)C(F)(F)F. The zero-order valence-corrected chi connectivity index (χ0v) is 24.7. The third kappa shape index (κ3) is 19.5. The first-order chi connectivity index (χ1) is 22.4. The summed E-state index contributed by atoms with van der Waals surface area (Å²) in [4.78, 5) is 77.2. The van der Waals surface area contributed by atoms with Crippen LogP contribution in [-0.2, 0) is 35.3 Å². The monoisotopic (exact) mass is 715 g/mol. The zero-order valence-electron chi connectivity index (χ0n) is 24.7. The molecule has 1 aromatic carbocycles. The minimum Gasteiger partial charge on any atom is -0.481 e. The maximum atomic E-state index is 12.4. The average Bonchev–Trinajstić information content (AvgIpc) is 3.43. The Morgan fingerprint density at radius 1 is 0.714 bits per heavy atom. The van der Waals surface area contributed by atoms with Gasteiger partial charge in [-0.05, 0) is 36.4 Å². The van der Waals surface area contributed by atoms with Crippen LogP contribution < -0.4 is 10.5 Å². The Kier molecular flexibility index (Phi) is 17.4. The molecular formula is C27H27F6N3O13. The Labute approximate surface area is 270 Å². The number of ether oxygens (including phenoxy) is 1. The lowest BCUT2D eigenvalue weighted by Gasteiger charge is -2.19. The van der Waals surface area contributed by atoms with Crippen LogP contribution in [0.15, 0.2) is 40.8 Å². The summed E-state index contributed by atoms with van der Waals surface area (Å²) in [6.45, 7) is -0.567. The maximum Gasteiger partial charge on any atom is 0.490 e. The van der Waals surface area contributed by atoms with E-state index in [9.17, 15) is 50.3 Å². The fraction of sp³-hybridized carbons (Fsp3) is 0.333. The highest BCUT2D eigenvalue weighted by Crippen LogP contribution is 2.17. The minimum atomic E-state index is -5.08. The van der Waals surface area contributed by atoms with Crippen LogP contribution >= 0.6 is 0 Å². The minimum absolute atomic E-state index is 0.0573. The molecule has 0 amide bonds. The van der Waals surface area contributed by atoms with Crippen LogP contribution in [0.4, 0.5) is 26.3 Å². The fourth-order valence-electron chi connectivity index (χ4n) is 2.97. The Morgan fingerprint density at radius 2 is 1.12 bits per heavy atom. The van der Waals surface area contributed by atoms with Crippen molar-refractivity contribution in [3.05, 3.63) is 53.5 Å². The van der Waals surface area contributed by atoms with Crippen molar-refractivity contribution in [2.75, 3.05) is 13.1 Å². The average molecular weight is 716 g/mol. The van der Waals surface area contributed by atoms with Crippen molar-refractivity contribution in [2.24, 2.45) is 5.73 Å². The van der Waals surface area contributed by atoms with Crippen molar-refractivity contribution >= 4 is 47.2 Å². The molecule has 2 aromatic rings. The van der Waals surface area contributed by atoms with Crippen LogP contribution in [0.5, 0.6) is 5.75 Å². The summed E-state index contributed by atoms with van der Waals surface area (Å²) in [6.07, 6.45) is -11.3. The molecule has 49 heavy (non-hydrogen) atoms. The summed E-state index contributed by atoms with van der Waals surface area (Å²) in [5.41, 5.74) is 5.84. The van der Waals surface area contributed by atoms with Gasteiger partial charge in [-0.15, -0.1) is 0 Å². The first-order valence-corrected chi connectivity index (χ1v) is 13.0. The molecule has 7 N–H and O–H groups in total. The number of halogens is 6. The molecule has 0 aliphatic carbocycles. The van der Waals surface area contributed by atoms with Crippen molar-refractivity contribution in [1.82, 2.24) is 4.90 Å². The molecular weight excluding hydrogens is 688 g/mol. The van der Waals surface area contributed by atoms with Crippen molar-refractivity contribution in [2.45, 2.75) is 44.6 Å². The van der Waals surface area contributed by atoms with E-state index in [2.05, 4.69) is 0 Å². The van der Waals surface area contributed by atoms with E-state index in [1.54, 1.807) is 0 Å². The van der Waals surface area contributed by atoms with E-state index in [1.807, 2.05) is 0 Å². The number of Topliss-reactive ketones (excluding diaryl/α,β-unsaturated/α-hetero) is 2. The number of carboxylic acid groups (broad SMARTS) is 4. The second-order valence-electron chi connectivity index (χ2n) is 9.21. The molecule has 0 unspecified atom stereocenters. The normalized spacial score (nSPS) is 10.8. The van der Waals surface area contributed by atoms with Crippen LogP contribution in [0.3, 0.4) is 0 Å². The van der Waals surface area contributed by atoms with Gasteiger partial charge in [0.25, 0.3) is 0 Å². The molecule has 1 heterocycles. The van der Waals surface area contributed by atoms with Crippen molar-refractivity contribution in [1.29, 1.82) is 5.41 Å². The van der Waals surface area contributed by atoms with Gasteiger partial charge >= 0.3 is 42.2 Å². The molecule has 270 valence electrons. The summed E-state index contributed by atoms with van der Waals surface area (Å²) < 4.78 is 74.2. The number of hydrogen-bond donors (Lipinski definition) is 6. The first-order valence-electron chi connectivity index (χ1n) is 13.0. The van der Waals surface area contributed by atoms with Gasteiger partial charge in [0.15, 0.2) is 0 Å². The third-order valence-corrected chi connectivity index (χ3v) is 5.14. The maximum absolute atomic E-state index is 12.4. The topological polar surface area (TPSA) is 276 Å². The number of rotatable bonds is 15. The van der Waals surface area contributed by atoms with Crippen LogP contribution in [0.1, 0.15) is 47.6 Å². The Morgan fingerprint density at radius 3 is 1.47 bits per heavy atom. The summed E-state index contributed by atoms with van der Waals surface area (Å²) in [6, 6.07) is 8.78. The molecule has 22 heteroatoms. The van der Waals surface area contributed by atoms with E-state index < -0.39 is 53.8 Å². The fourth-order valence-corrected chi connectivity index (χ4v) is 2.97. The van der Waals surface area contributed by atoms with E-state index in [0.717, 1.165) is 0 Å². The van der Waals surface area contributed by atoms with Gasteiger partial charge in [0.2, 0.25) is 5.76 Å². The number of carboxylic acids is 4. The Hall–Kier alpha value is -5.80. The lowest BCUT2D eigenvalue weighted by atomic mass is 10.1. The number of esters is 1. The van der Waals surface area contributed by atoms with Gasteiger partial charge in [0.1, 0.15) is 28.9 Å². The number of nitrogens with two attached hydrogens (primary N) is 1. The second-order valence-corrected chi connectivity index (χ2v) is 9.21. The molecule has 1 aromatic heterocycles. The van der Waals surface area contributed by atoms with E-state index >= 15 is 0 Å². The molecule has 2 rings (SSSR count). The highest BCUT2D eigenvalue weighted by atomic mass is 19.4. The van der Waals surface area contributed by atoms with Crippen LogP contribution in [-0.4, -0.2) is 98.0 Å². The van der Waals surface area contributed by atoms with Crippen LogP contribution in [0.25, 0.3) is 0 Å². The highest BCUT2D eigenvalue weighted by Gasteiger charge is 2.38. The van der Waals surface area contributed by atoms with Crippen LogP contribution in [0, 0.1) is 5.41 Å². The molecule has 0 aliphatic heterocycles. The number of furan rings is 1. The molecule has 16 nitrogen and oxygen atoms in total. The van der Waals surface area contributed by atoms with E-state index in [1.165, 1.54) is 41.3 Å². The smallest absolute Gasteiger partial charge is 0.481 e. The standard InChI is InChI=1S/C23H25N3O9.2C2HF3O2/c24-22(25)14-1-5-17(6-2-14)35-23(33)19-8-7-18(34-19)13-26(11-15(27)3-9-20(29)30)12-16(28)4-10-21(31)32;2*3-2(4,5)1(6)7/h1-2,5-8H,3-4,9-13H2,(H3,24,25)(H,29,30)(H,31,32);2*(H,6,7). The summed E-state index contributed by atoms with van der Waals surface area (Å²) >= 11 is 0. The number of ketones is 2. The number of aliphatic carboxylic acids is 4. The van der Waals surface area contributed by atoms with Crippen molar-refractivity contribution in [3.8, 4) is 5.75 Å². The van der Waals surface area contributed by atoms with Gasteiger partial charge < -0.3 is 35.3 Å². The van der Waals surface area contributed by atoms with Gasteiger partial charge in [-0.25, -0.2) is 14.4 Å². The molecule has 0 bridgehead atoms. The molecule has 0 saturated heterocycles. The number of amidine groups is 1. The largest absolute Gasteiger partial charge is 0.490 e. The number of nitrogens with zero attached hydrogens (tertiary/aromatic N) is 1. The summed E-state index contributed by atoms with van der Waals surface area (Å²) in [7, 11) is 0. The van der Waals surface area contributed by atoms with Gasteiger partial charge in [0.05, 0.1) is 32.5 Å².